The number of halogens is 1. The van der Waals surface area contributed by atoms with Gasteiger partial charge in [0.25, 0.3) is 5.91 Å². The molecule has 1 saturated heterocycles. The average molecular weight is 373 g/mol. The highest BCUT2D eigenvalue weighted by molar-refractivity contribution is 6.33. The summed E-state index contributed by atoms with van der Waals surface area (Å²) in [5.41, 5.74) is 2.33. The van der Waals surface area contributed by atoms with Crippen LogP contribution in [0.3, 0.4) is 0 Å². The summed E-state index contributed by atoms with van der Waals surface area (Å²) in [6.45, 7) is 4.90. The number of ether oxygens (including phenoxy) is 1. The maximum Gasteiger partial charge on any atom is 0.255 e. The molecular formula is C21H25ClN2O2. The lowest BCUT2D eigenvalue weighted by Crippen LogP contribution is -2.18. The minimum Gasteiger partial charge on any atom is -0.494 e. The Morgan fingerprint density at radius 3 is 2.54 bits per heavy atom. The van der Waals surface area contributed by atoms with Crippen LogP contribution >= 0.6 is 11.6 Å². The van der Waals surface area contributed by atoms with Gasteiger partial charge in [-0.05, 0) is 61.7 Å². The molecule has 1 aliphatic heterocycles. The normalized spacial score (nSPS) is 13.7. The molecule has 2 aromatic rings. The lowest BCUT2D eigenvalue weighted by molar-refractivity contribution is 0.102. The SMILES string of the molecule is CCCCOc1ccc(C(=O)Nc2ccc(N3CCCC3)c(Cl)c2)cc1. The molecule has 5 heteroatoms. The third-order valence-corrected chi connectivity index (χ3v) is 4.84. The van der Waals surface area contributed by atoms with Crippen LogP contribution in [-0.4, -0.2) is 25.6 Å². The van der Waals surface area contributed by atoms with Gasteiger partial charge in [-0.1, -0.05) is 24.9 Å². The second-order valence-electron chi connectivity index (χ2n) is 6.54. The second-order valence-corrected chi connectivity index (χ2v) is 6.95. The Morgan fingerprint density at radius 1 is 1.15 bits per heavy atom. The van der Waals surface area contributed by atoms with Crippen molar-refractivity contribution in [2.45, 2.75) is 32.6 Å². The molecular weight excluding hydrogens is 348 g/mol. The zero-order valence-corrected chi connectivity index (χ0v) is 15.9. The van der Waals surface area contributed by atoms with E-state index in [4.69, 9.17) is 16.3 Å². The first kappa shape index (κ1) is 18.6. The molecule has 26 heavy (non-hydrogen) atoms. The summed E-state index contributed by atoms with van der Waals surface area (Å²) in [5.74, 6) is 0.628. The van der Waals surface area contributed by atoms with Crippen molar-refractivity contribution >= 4 is 28.9 Å². The highest BCUT2D eigenvalue weighted by atomic mass is 35.5. The van der Waals surface area contributed by atoms with Crippen LogP contribution in [0.5, 0.6) is 5.75 Å². The number of nitrogens with zero attached hydrogens (tertiary/aromatic N) is 1. The fraction of sp³-hybridized carbons (Fsp3) is 0.381. The smallest absolute Gasteiger partial charge is 0.255 e. The Balaban J connectivity index is 1.61. The highest BCUT2D eigenvalue weighted by Gasteiger charge is 2.16. The predicted molar refractivity (Wildman–Crippen MR) is 108 cm³/mol. The molecule has 0 aromatic heterocycles. The fourth-order valence-corrected chi connectivity index (χ4v) is 3.34. The van der Waals surface area contributed by atoms with Crippen molar-refractivity contribution in [2.75, 3.05) is 29.9 Å². The largest absolute Gasteiger partial charge is 0.494 e. The molecule has 0 radical (unpaired) electrons. The Morgan fingerprint density at radius 2 is 1.88 bits per heavy atom. The monoisotopic (exact) mass is 372 g/mol. The van der Waals surface area contributed by atoms with E-state index in [0.717, 1.165) is 37.4 Å². The van der Waals surface area contributed by atoms with Gasteiger partial charge in [0.1, 0.15) is 5.75 Å². The molecule has 2 aromatic carbocycles. The summed E-state index contributed by atoms with van der Waals surface area (Å²) < 4.78 is 5.62. The summed E-state index contributed by atoms with van der Waals surface area (Å²) in [4.78, 5) is 14.7. The summed E-state index contributed by atoms with van der Waals surface area (Å²) in [7, 11) is 0. The van der Waals surface area contributed by atoms with Crippen LogP contribution in [0.4, 0.5) is 11.4 Å². The standard InChI is InChI=1S/C21H25ClN2O2/c1-2-3-14-26-18-9-6-16(7-10-18)21(25)23-17-8-11-20(19(22)15-17)24-12-4-5-13-24/h6-11,15H,2-5,12-14H2,1H3,(H,23,25). The van der Waals surface area contributed by atoms with Crippen LogP contribution in [-0.2, 0) is 0 Å². The molecule has 3 rings (SSSR count). The predicted octanol–water partition coefficient (Wildman–Crippen LogP) is 5.37. The van der Waals surface area contributed by atoms with Crippen molar-refractivity contribution in [1.82, 2.24) is 0 Å². The van der Waals surface area contributed by atoms with Crippen molar-refractivity contribution in [1.29, 1.82) is 0 Å². The number of benzene rings is 2. The number of carbonyl (C=O) groups is 1. The number of unbranched alkanes of at least 4 members (excludes halogenated alkanes) is 1. The molecule has 1 amide bonds. The Bertz CT molecular complexity index is 740. The maximum absolute atomic E-state index is 12.4. The van der Waals surface area contributed by atoms with Gasteiger partial charge in [-0.15, -0.1) is 0 Å². The van der Waals surface area contributed by atoms with Gasteiger partial charge in [0.15, 0.2) is 0 Å². The zero-order valence-electron chi connectivity index (χ0n) is 15.1. The van der Waals surface area contributed by atoms with Crippen molar-refractivity contribution in [3.8, 4) is 5.75 Å². The van der Waals surface area contributed by atoms with Gasteiger partial charge in [0.2, 0.25) is 0 Å². The molecule has 1 fully saturated rings. The van der Waals surface area contributed by atoms with Crippen LogP contribution in [0.25, 0.3) is 0 Å². The number of amides is 1. The number of rotatable bonds is 7. The molecule has 1 N–H and O–H groups in total. The van der Waals surface area contributed by atoms with E-state index in [1.54, 1.807) is 12.1 Å². The third-order valence-electron chi connectivity index (χ3n) is 4.54. The molecule has 4 nitrogen and oxygen atoms in total. The summed E-state index contributed by atoms with van der Waals surface area (Å²) >= 11 is 6.41. The quantitative estimate of drug-likeness (QED) is 0.664. The van der Waals surface area contributed by atoms with Gasteiger partial charge in [-0.3, -0.25) is 4.79 Å². The average Bonchev–Trinajstić information content (AvgIpc) is 3.17. The van der Waals surface area contributed by atoms with Gasteiger partial charge >= 0.3 is 0 Å². The first-order valence-corrected chi connectivity index (χ1v) is 9.64. The molecule has 1 heterocycles. The van der Waals surface area contributed by atoms with E-state index < -0.39 is 0 Å². The third kappa shape index (κ3) is 4.70. The Hall–Kier alpha value is -2.20. The Labute approximate surface area is 160 Å². The van der Waals surface area contributed by atoms with E-state index in [0.29, 0.717) is 22.9 Å². The topological polar surface area (TPSA) is 41.6 Å². The molecule has 0 bridgehead atoms. The molecule has 0 unspecified atom stereocenters. The van der Waals surface area contributed by atoms with Gasteiger partial charge in [0, 0.05) is 24.3 Å². The van der Waals surface area contributed by atoms with E-state index in [2.05, 4.69) is 17.1 Å². The number of carbonyl (C=O) groups excluding carboxylic acids is 1. The lowest BCUT2D eigenvalue weighted by atomic mass is 10.2. The van der Waals surface area contributed by atoms with E-state index in [-0.39, 0.29) is 5.91 Å². The fourth-order valence-electron chi connectivity index (χ4n) is 3.04. The number of nitrogens with one attached hydrogen (secondary N) is 1. The second kappa shape index (κ2) is 8.95. The first-order valence-electron chi connectivity index (χ1n) is 9.26. The minimum atomic E-state index is -0.157. The van der Waals surface area contributed by atoms with Gasteiger partial charge in [0.05, 0.1) is 17.3 Å². The summed E-state index contributed by atoms with van der Waals surface area (Å²) in [6.07, 6.45) is 4.52. The number of hydrogen-bond acceptors (Lipinski definition) is 3. The van der Waals surface area contributed by atoms with Gasteiger partial charge in [-0.2, -0.15) is 0 Å². The van der Waals surface area contributed by atoms with Crippen LogP contribution in [0.1, 0.15) is 43.0 Å². The first-order chi connectivity index (χ1) is 12.7. The summed E-state index contributed by atoms with van der Waals surface area (Å²) in [5, 5.41) is 3.58. The number of anilines is 2. The molecule has 0 spiro atoms. The molecule has 0 aliphatic carbocycles. The van der Waals surface area contributed by atoms with Crippen molar-refractivity contribution in [2.24, 2.45) is 0 Å². The highest BCUT2D eigenvalue weighted by Crippen LogP contribution is 2.31. The molecule has 1 aliphatic rings. The van der Waals surface area contributed by atoms with Gasteiger partial charge in [-0.25, -0.2) is 0 Å². The molecule has 138 valence electrons. The van der Waals surface area contributed by atoms with Crippen LogP contribution < -0.4 is 15.0 Å². The Kier molecular flexibility index (Phi) is 6.40. The van der Waals surface area contributed by atoms with Crippen LogP contribution in [0.2, 0.25) is 5.02 Å². The van der Waals surface area contributed by atoms with E-state index in [1.165, 1.54) is 12.8 Å². The van der Waals surface area contributed by atoms with Gasteiger partial charge < -0.3 is 15.0 Å². The lowest BCUT2D eigenvalue weighted by Gasteiger charge is -2.19. The van der Waals surface area contributed by atoms with Crippen molar-refractivity contribution in [3.05, 3.63) is 53.1 Å². The van der Waals surface area contributed by atoms with E-state index in [1.807, 2.05) is 30.3 Å². The van der Waals surface area contributed by atoms with E-state index >= 15 is 0 Å². The van der Waals surface area contributed by atoms with Crippen molar-refractivity contribution < 1.29 is 9.53 Å². The van der Waals surface area contributed by atoms with Crippen LogP contribution in [0.15, 0.2) is 42.5 Å². The van der Waals surface area contributed by atoms with Crippen molar-refractivity contribution in [3.63, 3.8) is 0 Å². The van der Waals surface area contributed by atoms with Crippen LogP contribution in [0, 0.1) is 0 Å². The minimum absolute atomic E-state index is 0.157. The number of hydrogen-bond donors (Lipinski definition) is 1. The maximum atomic E-state index is 12.4. The molecule has 0 saturated carbocycles. The zero-order chi connectivity index (χ0) is 18.4. The van der Waals surface area contributed by atoms with E-state index in [9.17, 15) is 4.79 Å². The summed E-state index contributed by atoms with van der Waals surface area (Å²) in [6, 6.07) is 12.9. The molecule has 0 atom stereocenters.